The maximum atomic E-state index is 5.63. The van der Waals surface area contributed by atoms with Crippen LogP contribution in [0.1, 0.15) is 26.5 Å². The first kappa shape index (κ1) is 8.23. The van der Waals surface area contributed by atoms with Crippen LogP contribution >= 0.6 is 0 Å². The van der Waals surface area contributed by atoms with E-state index in [4.69, 9.17) is 4.42 Å². The van der Waals surface area contributed by atoms with Crippen molar-refractivity contribution in [3.8, 4) is 0 Å². The van der Waals surface area contributed by atoms with Gasteiger partial charge in [0.25, 0.3) is 0 Å². The zero-order chi connectivity index (χ0) is 9.47. The zero-order valence-electron chi connectivity index (χ0n) is 8.03. The topological polar surface area (TPSA) is 38.9 Å². The lowest BCUT2D eigenvalue weighted by Gasteiger charge is -2.13. The van der Waals surface area contributed by atoms with Gasteiger partial charge in [-0.3, -0.25) is 0 Å². The van der Waals surface area contributed by atoms with Crippen molar-refractivity contribution in [3.05, 3.63) is 24.2 Å². The van der Waals surface area contributed by atoms with Crippen molar-refractivity contribution in [2.45, 2.75) is 26.2 Å². The highest BCUT2D eigenvalue weighted by atomic mass is 16.3. The summed E-state index contributed by atoms with van der Waals surface area (Å²) in [5.41, 5.74) is 0.846. The summed E-state index contributed by atoms with van der Waals surface area (Å²) in [6.07, 6.45) is 3.36. The lowest BCUT2D eigenvalue weighted by molar-refractivity contribution is 0.429. The van der Waals surface area contributed by atoms with Crippen molar-refractivity contribution in [1.29, 1.82) is 0 Å². The second kappa shape index (κ2) is 2.55. The van der Waals surface area contributed by atoms with E-state index in [9.17, 15) is 0 Å². The summed E-state index contributed by atoms with van der Waals surface area (Å²) in [4.78, 5) is 0. The van der Waals surface area contributed by atoms with Crippen molar-refractivity contribution in [1.82, 2.24) is 10.2 Å². The molecule has 0 atom stereocenters. The number of furan rings is 1. The molecule has 0 radical (unpaired) electrons. The Hall–Kier alpha value is -1.38. The second-order valence-electron chi connectivity index (χ2n) is 4.17. The third-order valence-electron chi connectivity index (χ3n) is 1.97. The fraction of sp³-hybridized carbons (Fsp3) is 0.400. The van der Waals surface area contributed by atoms with E-state index in [1.807, 2.05) is 6.07 Å². The molecule has 68 valence electrons. The van der Waals surface area contributed by atoms with E-state index in [0.717, 1.165) is 16.7 Å². The smallest absolute Gasteiger partial charge is 0.156 e. The van der Waals surface area contributed by atoms with Gasteiger partial charge in [0.15, 0.2) is 5.58 Å². The van der Waals surface area contributed by atoms with Crippen LogP contribution in [0.15, 0.2) is 22.9 Å². The van der Waals surface area contributed by atoms with Crippen LogP contribution in [0.2, 0.25) is 0 Å². The van der Waals surface area contributed by atoms with Gasteiger partial charge in [-0.15, -0.1) is 0 Å². The maximum absolute atomic E-state index is 5.63. The average Bonchev–Trinajstić information content (AvgIpc) is 2.45. The minimum absolute atomic E-state index is 0.0407. The highest BCUT2D eigenvalue weighted by molar-refractivity contribution is 5.75. The summed E-state index contributed by atoms with van der Waals surface area (Å²) >= 11 is 0. The fourth-order valence-electron chi connectivity index (χ4n) is 1.17. The average molecular weight is 176 g/mol. The van der Waals surface area contributed by atoms with Crippen LogP contribution in [0.4, 0.5) is 0 Å². The first-order valence-corrected chi connectivity index (χ1v) is 4.28. The molecule has 0 bridgehead atoms. The van der Waals surface area contributed by atoms with Crippen LogP contribution in [0, 0.1) is 0 Å². The van der Waals surface area contributed by atoms with Crippen molar-refractivity contribution in [3.63, 3.8) is 0 Å². The van der Waals surface area contributed by atoms with Gasteiger partial charge < -0.3 is 4.42 Å². The molecule has 0 unspecified atom stereocenters. The molecule has 2 rings (SSSR count). The molecule has 0 N–H and O–H groups in total. The van der Waals surface area contributed by atoms with Gasteiger partial charge in [-0.25, -0.2) is 0 Å². The van der Waals surface area contributed by atoms with Crippen molar-refractivity contribution in [2.75, 3.05) is 0 Å². The van der Waals surface area contributed by atoms with Crippen LogP contribution in [-0.2, 0) is 5.41 Å². The first-order chi connectivity index (χ1) is 6.07. The molecule has 0 spiro atoms. The third kappa shape index (κ3) is 1.41. The number of aromatic nitrogens is 2. The van der Waals surface area contributed by atoms with Crippen molar-refractivity contribution in [2.24, 2.45) is 0 Å². The van der Waals surface area contributed by atoms with E-state index in [0.29, 0.717) is 0 Å². The van der Waals surface area contributed by atoms with Crippen molar-refractivity contribution < 1.29 is 4.42 Å². The molecule has 0 amide bonds. The summed E-state index contributed by atoms with van der Waals surface area (Å²) in [5.74, 6) is 0.970. The molecule has 0 aliphatic rings. The third-order valence-corrected chi connectivity index (χ3v) is 1.97. The summed E-state index contributed by atoms with van der Waals surface area (Å²) in [5, 5.41) is 8.58. The van der Waals surface area contributed by atoms with E-state index in [1.165, 1.54) is 0 Å². The van der Waals surface area contributed by atoms with Crippen LogP contribution in [0.3, 0.4) is 0 Å². The Balaban J connectivity index is 2.63. The predicted octanol–water partition coefficient (Wildman–Crippen LogP) is 2.52. The molecule has 2 aromatic heterocycles. The molecule has 0 saturated carbocycles. The summed E-state index contributed by atoms with van der Waals surface area (Å²) < 4.78 is 5.63. The van der Waals surface area contributed by atoms with Gasteiger partial charge in [-0.2, -0.15) is 10.2 Å². The van der Waals surface area contributed by atoms with E-state index in [2.05, 4.69) is 31.0 Å². The number of rotatable bonds is 0. The summed E-state index contributed by atoms with van der Waals surface area (Å²) in [6, 6.07) is 2.02. The number of fused-ring (bicyclic) bond motifs is 1. The Kier molecular flexibility index (Phi) is 1.62. The van der Waals surface area contributed by atoms with Gasteiger partial charge in [0, 0.05) is 10.8 Å². The highest BCUT2D eigenvalue weighted by Gasteiger charge is 2.18. The largest absolute Gasteiger partial charge is 0.459 e. The van der Waals surface area contributed by atoms with Gasteiger partial charge in [-0.1, -0.05) is 20.8 Å². The predicted molar refractivity (Wildman–Crippen MR) is 50.5 cm³/mol. The van der Waals surface area contributed by atoms with Crippen LogP contribution in [0.25, 0.3) is 11.0 Å². The minimum Gasteiger partial charge on any atom is -0.459 e. The molecular formula is C10H12N2O. The van der Waals surface area contributed by atoms with E-state index in [-0.39, 0.29) is 5.41 Å². The zero-order valence-corrected chi connectivity index (χ0v) is 8.03. The maximum Gasteiger partial charge on any atom is 0.156 e. The monoisotopic (exact) mass is 176 g/mol. The Bertz CT molecular complexity index is 393. The molecule has 0 fully saturated rings. The van der Waals surface area contributed by atoms with E-state index in [1.54, 1.807) is 12.4 Å². The van der Waals surface area contributed by atoms with E-state index >= 15 is 0 Å². The Labute approximate surface area is 76.8 Å². The quantitative estimate of drug-likeness (QED) is 0.619. The molecule has 3 heteroatoms. The standard InChI is InChI=1S/C10H12N2O/c1-10(2,3)9-4-7-5-11-12-6-8(7)13-9/h4-6H,1-3H3. The molecular weight excluding hydrogens is 164 g/mol. The van der Waals surface area contributed by atoms with E-state index < -0.39 is 0 Å². The van der Waals surface area contributed by atoms with Crippen LogP contribution in [-0.4, -0.2) is 10.2 Å². The molecule has 3 nitrogen and oxygen atoms in total. The van der Waals surface area contributed by atoms with Crippen LogP contribution in [0.5, 0.6) is 0 Å². The van der Waals surface area contributed by atoms with Gasteiger partial charge in [-0.05, 0) is 6.07 Å². The highest BCUT2D eigenvalue weighted by Crippen LogP contribution is 2.27. The summed E-state index contributed by atoms with van der Waals surface area (Å²) in [6.45, 7) is 6.35. The minimum atomic E-state index is 0.0407. The van der Waals surface area contributed by atoms with Gasteiger partial charge in [0.05, 0.1) is 12.4 Å². The molecule has 0 aliphatic heterocycles. The lowest BCUT2D eigenvalue weighted by Crippen LogP contribution is -2.08. The molecule has 0 aliphatic carbocycles. The molecule has 13 heavy (non-hydrogen) atoms. The fourth-order valence-corrected chi connectivity index (χ4v) is 1.17. The lowest BCUT2D eigenvalue weighted by atomic mass is 9.93. The number of hydrogen-bond donors (Lipinski definition) is 0. The molecule has 2 aromatic rings. The number of nitrogens with zero attached hydrogens (tertiary/aromatic N) is 2. The first-order valence-electron chi connectivity index (χ1n) is 4.28. The molecule has 0 saturated heterocycles. The molecule has 0 aromatic carbocycles. The Morgan fingerprint density at radius 2 is 1.85 bits per heavy atom. The summed E-state index contributed by atoms with van der Waals surface area (Å²) in [7, 11) is 0. The SMILES string of the molecule is CC(C)(C)c1cc2cnncc2o1. The van der Waals surface area contributed by atoms with Gasteiger partial charge in [0.1, 0.15) is 5.76 Å². The normalized spacial score (nSPS) is 12.2. The van der Waals surface area contributed by atoms with Gasteiger partial charge in [0.2, 0.25) is 0 Å². The Morgan fingerprint density at radius 1 is 1.15 bits per heavy atom. The van der Waals surface area contributed by atoms with Crippen LogP contribution < -0.4 is 0 Å². The van der Waals surface area contributed by atoms with Crippen molar-refractivity contribution >= 4 is 11.0 Å². The Morgan fingerprint density at radius 3 is 2.46 bits per heavy atom. The second-order valence-corrected chi connectivity index (χ2v) is 4.17. The number of hydrogen-bond acceptors (Lipinski definition) is 3. The molecule has 2 heterocycles. The van der Waals surface area contributed by atoms with Gasteiger partial charge >= 0.3 is 0 Å².